The molecule has 1 aromatic carbocycles. The van der Waals surface area contributed by atoms with Gasteiger partial charge in [-0.25, -0.2) is 4.68 Å². The number of amides is 1. The molecular formula is C18H22N6OS. The van der Waals surface area contributed by atoms with Crippen LogP contribution in [0.5, 0.6) is 0 Å². The first kappa shape index (κ1) is 18.4. The standard InChI is InChI=1S/C18H22N6OS/c1-23(18(14-19)10-6-3-7-11-18)16(25)13-26-17-20-21-22-24(17)12-15-8-4-2-5-9-15/h2,4-5,8-9H,3,6-7,10-13H2,1H3. The molecule has 8 heteroatoms. The Morgan fingerprint density at radius 3 is 2.73 bits per heavy atom. The number of thioether (sulfide) groups is 1. The first-order valence-electron chi connectivity index (χ1n) is 8.75. The van der Waals surface area contributed by atoms with Crippen LogP contribution in [-0.4, -0.2) is 49.4 Å². The van der Waals surface area contributed by atoms with Crippen molar-refractivity contribution < 1.29 is 4.79 Å². The predicted octanol–water partition coefficient (Wildman–Crippen LogP) is 2.50. The molecule has 2 aromatic rings. The number of benzene rings is 1. The van der Waals surface area contributed by atoms with Gasteiger partial charge < -0.3 is 4.90 Å². The molecule has 0 aliphatic heterocycles. The minimum atomic E-state index is -0.661. The molecule has 1 saturated carbocycles. The van der Waals surface area contributed by atoms with Crippen LogP contribution in [0.25, 0.3) is 0 Å². The summed E-state index contributed by atoms with van der Waals surface area (Å²) in [7, 11) is 1.74. The highest BCUT2D eigenvalue weighted by Gasteiger charge is 2.38. The van der Waals surface area contributed by atoms with Gasteiger partial charge in [0.05, 0.1) is 18.4 Å². The molecule has 0 unspecified atom stereocenters. The van der Waals surface area contributed by atoms with Gasteiger partial charge in [0.2, 0.25) is 11.1 Å². The van der Waals surface area contributed by atoms with Gasteiger partial charge in [-0.15, -0.1) is 5.10 Å². The van der Waals surface area contributed by atoms with Crippen molar-refractivity contribution in [3.05, 3.63) is 35.9 Å². The van der Waals surface area contributed by atoms with Crippen molar-refractivity contribution >= 4 is 17.7 Å². The van der Waals surface area contributed by atoms with Crippen LogP contribution in [0.2, 0.25) is 0 Å². The van der Waals surface area contributed by atoms with Crippen molar-refractivity contribution in [2.75, 3.05) is 12.8 Å². The maximum atomic E-state index is 12.6. The Bertz CT molecular complexity index is 778. The van der Waals surface area contributed by atoms with E-state index < -0.39 is 5.54 Å². The number of rotatable bonds is 6. The molecule has 0 spiro atoms. The summed E-state index contributed by atoms with van der Waals surface area (Å²) in [6, 6.07) is 12.3. The lowest BCUT2D eigenvalue weighted by atomic mass is 9.81. The SMILES string of the molecule is CN(C(=O)CSc1nnnn1Cc1ccccc1)C1(C#N)CCCCC1. The van der Waals surface area contributed by atoms with E-state index in [1.807, 2.05) is 30.3 Å². The molecule has 1 amide bonds. The fourth-order valence-electron chi connectivity index (χ4n) is 3.28. The van der Waals surface area contributed by atoms with Gasteiger partial charge in [-0.2, -0.15) is 5.26 Å². The van der Waals surface area contributed by atoms with Gasteiger partial charge in [-0.1, -0.05) is 61.4 Å². The van der Waals surface area contributed by atoms with Crippen LogP contribution < -0.4 is 0 Å². The molecule has 0 atom stereocenters. The zero-order chi connectivity index (χ0) is 18.4. The van der Waals surface area contributed by atoms with Gasteiger partial charge in [0.25, 0.3) is 0 Å². The number of carbonyl (C=O) groups is 1. The smallest absolute Gasteiger partial charge is 0.234 e. The number of tetrazole rings is 1. The van der Waals surface area contributed by atoms with E-state index in [1.54, 1.807) is 16.6 Å². The van der Waals surface area contributed by atoms with Gasteiger partial charge in [-0.3, -0.25) is 4.79 Å². The fourth-order valence-corrected chi connectivity index (χ4v) is 4.07. The summed E-state index contributed by atoms with van der Waals surface area (Å²) in [5.41, 5.74) is 0.432. The maximum Gasteiger partial charge on any atom is 0.234 e. The zero-order valence-corrected chi connectivity index (χ0v) is 15.7. The van der Waals surface area contributed by atoms with Crippen molar-refractivity contribution in [3.8, 4) is 6.07 Å². The number of hydrogen-bond donors (Lipinski definition) is 0. The van der Waals surface area contributed by atoms with Crippen LogP contribution in [0, 0.1) is 11.3 Å². The van der Waals surface area contributed by atoms with Crippen LogP contribution in [-0.2, 0) is 11.3 Å². The van der Waals surface area contributed by atoms with E-state index in [0.717, 1.165) is 37.7 Å². The third-order valence-electron chi connectivity index (χ3n) is 4.90. The molecular weight excluding hydrogens is 348 g/mol. The highest BCUT2D eigenvalue weighted by atomic mass is 32.2. The first-order chi connectivity index (χ1) is 12.6. The number of aromatic nitrogens is 4. The van der Waals surface area contributed by atoms with Crippen molar-refractivity contribution in [2.24, 2.45) is 0 Å². The van der Waals surface area contributed by atoms with E-state index in [0.29, 0.717) is 11.7 Å². The van der Waals surface area contributed by atoms with Crippen molar-refractivity contribution in [1.29, 1.82) is 5.26 Å². The van der Waals surface area contributed by atoms with Crippen LogP contribution in [0.1, 0.15) is 37.7 Å². The molecule has 1 heterocycles. The second-order valence-corrected chi connectivity index (χ2v) is 7.49. The summed E-state index contributed by atoms with van der Waals surface area (Å²) in [5, 5.41) is 22.0. The molecule has 1 aromatic heterocycles. The quantitative estimate of drug-likeness (QED) is 0.726. The third-order valence-corrected chi connectivity index (χ3v) is 5.85. The molecule has 1 aliphatic carbocycles. The largest absolute Gasteiger partial charge is 0.326 e. The van der Waals surface area contributed by atoms with Gasteiger partial charge in [0.1, 0.15) is 5.54 Å². The topological polar surface area (TPSA) is 87.7 Å². The summed E-state index contributed by atoms with van der Waals surface area (Å²) in [5.74, 6) is 0.155. The molecule has 7 nitrogen and oxygen atoms in total. The summed E-state index contributed by atoms with van der Waals surface area (Å²) in [4.78, 5) is 14.3. The van der Waals surface area contributed by atoms with Crippen molar-refractivity contribution in [2.45, 2.75) is 49.3 Å². The van der Waals surface area contributed by atoms with E-state index in [2.05, 4.69) is 21.6 Å². The molecule has 0 radical (unpaired) electrons. The molecule has 136 valence electrons. The van der Waals surface area contributed by atoms with Crippen LogP contribution >= 0.6 is 11.8 Å². The van der Waals surface area contributed by atoms with E-state index >= 15 is 0 Å². The third kappa shape index (κ3) is 4.05. The normalized spacial score (nSPS) is 16.0. The minimum absolute atomic E-state index is 0.0623. The van der Waals surface area contributed by atoms with E-state index in [9.17, 15) is 10.1 Å². The minimum Gasteiger partial charge on any atom is -0.326 e. The van der Waals surface area contributed by atoms with Gasteiger partial charge in [-0.05, 0) is 28.8 Å². The van der Waals surface area contributed by atoms with Gasteiger partial charge in [0, 0.05) is 7.05 Å². The monoisotopic (exact) mass is 370 g/mol. The maximum absolute atomic E-state index is 12.6. The Morgan fingerprint density at radius 2 is 2.04 bits per heavy atom. The Kier molecular flexibility index (Phi) is 5.89. The highest BCUT2D eigenvalue weighted by Crippen LogP contribution is 2.33. The number of nitriles is 1. The number of carbonyl (C=O) groups excluding carboxylic acids is 1. The second kappa shape index (κ2) is 8.32. The average Bonchev–Trinajstić information content (AvgIpc) is 3.13. The fraction of sp³-hybridized carbons (Fsp3) is 0.500. The van der Waals surface area contributed by atoms with Crippen LogP contribution in [0.4, 0.5) is 0 Å². The lowest BCUT2D eigenvalue weighted by Gasteiger charge is -2.39. The highest BCUT2D eigenvalue weighted by molar-refractivity contribution is 7.99. The molecule has 26 heavy (non-hydrogen) atoms. The number of nitrogens with zero attached hydrogens (tertiary/aromatic N) is 6. The lowest BCUT2D eigenvalue weighted by molar-refractivity contribution is -0.131. The second-order valence-electron chi connectivity index (χ2n) is 6.55. The Morgan fingerprint density at radius 1 is 1.31 bits per heavy atom. The summed E-state index contributed by atoms with van der Waals surface area (Å²) >= 11 is 1.31. The molecule has 0 saturated heterocycles. The van der Waals surface area contributed by atoms with E-state index in [-0.39, 0.29) is 11.7 Å². The van der Waals surface area contributed by atoms with Crippen LogP contribution in [0.15, 0.2) is 35.5 Å². The summed E-state index contributed by atoms with van der Waals surface area (Å²) in [6.45, 7) is 0.558. The molecule has 1 aliphatic rings. The van der Waals surface area contributed by atoms with Gasteiger partial charge >= 0.3 is 0 Å². The lowest BCUT2D eigenvalue weighted by Crippen LogP contribution is -2.50. The Balaban J connectivity index is 1.61. The first-order valence-corrected chi connectivity index (χ1v) is 9.74. The van der Waals surface area contributed by atoms with Gasteiger partial charge in [0.15, 0.2) is 0 Å². The average molecular weight is 370 g/mol. The van der Waals surface area contributed by atoms with E-state index in [4.69, 9.17) is 0 Å². The summed E-state index contributed by atoms with van der Waals surface area (Å²) in [6.07, 6.45) is 4.63. The van der Waals surface area contributed by atoms with Crippen LogP contribution in [0.3, 0.4) is 0 Å². The molecule has 3 rings (SSSR count). The molecule has 0 N–H and O–H groups in total. The van der Waals surface area contributed by atoms with Crippen molar-refractivity contribution in [1.82, 2.24) is 25.1 Å². The molecule has 0 bridgehead atoms. The Labute approximate surface area is 157 Å². The Hall–Kier alpha value is -2.40. The number of hydrogen-bond acceptors (Lipinski definition) is 6. The predicted molar refractivity (Wildman–Crippen MR) is 98.3 cm³/mol. The van der Waals surface area contributed by atoms with Crippen molar-refractivity contribution in [3.63, 3.8) is 0 Å². The zero-order valence-electron chi connectivity index (χ0n) is 14.8. The summed E-state index contributed by atoms with van der Waals surface area (Å²) < 4.78 is 1.69. The van der Waals surface area contributed by atoms with E-state index in [1.165, 1.54) is 11.8 Å². The molecule has 1 fully saturated rings.